The zero-order chi connectivity index (χ0) is 17.1. The summed E-state index contributed by atoms with van der Waals surface area (Å²) >= 11 is 0. The molecule has 3 rings (SSSR count). The van der Waals surface area contributed by atoms with Gasteiger partial charge in [0, 0.05) is 23.4 Å². The molecule has 1 aliphatic carbocycles. The molecule has 24 heavy (non-hydrogen) atoms. The van der Waals surface area contributed by atoms with Crippen LogP contribution in [-0.2, 0) is 6.54 Å². The molecular formula is C20H24N2O2. The van der Waals surface area contributed by atoms with Crippen LogP contribution >= 0.6 is 0 Å². The van der Waals surface area contributed by atoms with Gasteiger partial charge in [-0.25, -0.2) is 0 Å². The number of amides is 1. The standard InChI is InChI=1S/C20H24N2O2/c1-13-11-14(2)22-20(24)18(13)12-21-19(23)17-9-7-16(8-10-17)15-5-3-4-6-15/h7-11,15H,3-6,12H2,1-2H3,(H,21,23)(H,22,24). The fourth-order valence-electron chi connectivity index (χ4n) is 3.54. The molecule has 1 aliphatic rings. The molecule has 1 amide bonds. The quantitative estimate of drug-likeness (QED) is 0.903. The lowest BCUT2D eigenvalue weighted by Crippen LogP contribution is -2.27. The molecule has 1 saturated carbocycles. The summed E-state index contributed by atoms with van der Waals surface area (Å²) in [6.45, 7) is 3.98. The van der Waals surface area contributed by atoms with Crippen LogP contribution in [0.15, 0.2) is 35.1 Å². The van der Waals surface area contributed by atoms with Gasteiger partial charge in [-0.05, 0) is 61.9 Å². The van der Waals surface area contributed by atoms with Crippen molar-refractivity contribution < 1.29 is 4.79 Å². The van der Waals surface area contributed by atoms with E-state index in [2.05, 4.69) is 22.4 Å². The van der Waals surface area contributed by atoms with Gasteiger partial charge in [-0.1, -0.05) is 25.0 Å². The minimum absolute atomic E-state index is 0.135. The van der Waals surface area contributed by atoms with Crippen LogP contribution in [0, 0.1) is 13.8 Å². The van der Waals surface area contributed by atoms with E-state index in [-0.39, 0.29) is 18.0 Å². The fraction of sp³-hybridized carbons (Fsp3) is 0.400. The van der Waals surface area contributed by atoms with Crippen LogP contribution in [-0.4, -0.2) is 10.9 Å². The van der Waals surface area contributed by atoms with E-state index in [9.17, 15) is 9.59 Å². The molecule has 0 aliphatic heterocycles. The average Bonchev–Trinajstić information content (AvgIpc) is 3.08. The number of aromatic amines is 1. The fourth-order valence-corrected chi connectivity index (χ4v) is 3.54. The molecule has 0 spiro atoms. The molecule has 126 valence electrons. The molecular weight excluding hydrogens is 300 g/mol. The second-order valence-electron chi connectivity index (χ2n) is 6.73. The molecule has 4 heteroatoms. The molecule has 1 heterocycles. The Bertz CT molecular complexity index is 784. The smallest absolute Gasteiger partial charge is 0.253 e. The number of carbonyl (C=O) groups is 1. The van der Waals surface area contributed by atoms with Crippen molar-refractivity contribution in [3.63, 3.8) is 0 Å². The largest absolute Gasteiger partial charge is 0.348 e. The van der Waals surface area contributed by atoms with Crippen LogP contribution < -0.4 is 10.9 Å². The first-order valence-corrected chi connectivity index (χ1v) is 8.62. The SMILES string of the molecule is Cc1cc(C)c(CNC(=O)c2ccc(C3CCCC3)cc2)c(=O)[nH]1. The summed E-state index contributed by atoms with van der Waals surface area (Å²) in [4.78, 5) is 27.1. The van der Waals surface area contributed by atoms with Gasteiger partial charge in [0.2, 0.25) is 0 Å². The molecule has 1 aromatic heterocycles. The van der Waals surface area contributed by atoms with Gasteiger partial charge in [-0.15, -0.1) is 0 Å². The number of pyridine rings is 1. The van der Waals surface area contributed by atoms with Gasteiger partial charge >= 0.3 is 0 Å². The van der Waals surface area contributed by atoms with E-state index in [1.807, 2.05) is 32.0 Å². The molecule has 0 radical (unpaired) electrons. The van der Waals surface area contributed by atoms with Crippen LogP contribution in [0.1, 0.15) is 64.3 Å². The number of hydrogen-bond donors (Lipinski definition) is 2. The molecule has 0 unspecified atom stereocenters. The summed E-state index contributed by atoms with van der Waals surface area (Å²) in [7, 11) is 0. The summed E-state index contributed by atoms with van der Waals surface area (Å²) in [5.74, 6) is 0.503. The Morgan fingerprint density at radius 2 is 1.83 bits per heavy atom. The second-order valence-corrected chi connectivity index (χ2v) is 6.73. The van der Waals surface area contributed by atoms with Gasteiger partial charge in [-0.2, -0.15) is 0 Å². The van der Waals surface area contributed by atoms with Crippen molar-refractivity contribution in [1.82, 2.24) is 10.3 Å². The summed E-state index contributed by atoms with van der Waals surface area (Å²) in [5.41, 5.74) is 4.16. The van der Waals surface area contributed by atoms with Gasteiger partial charge in [0.05, 0.1) is 0 Å². The number of carbonyl (C=O) groups excluding carboxylic acids is 1. The first-order valence-electron chi connectivity index (χ1n) is 8.62. The van der Waals surface area contributed by atoms with Crippen molar-refractivity contribution in [2.45, 2.75) is 52.0 Å². The van der Waals surface area contributed by atoms with Crippen LogP contribution in [0.25, 0.3) is 0 Å². The minimum Gasteiger partial charge on any atom is -0.348 e. The molecule has 0 bridgehead atoms. The third-order valence-corrected chi connectivity index (χ3v) is 4.92. The van der Waals surface area contributed by atoms with Crippen LogP contribution in [0.3, 0.4) is 0 Å². The number of rotatable bonds is 4. The van der Waals surface area contributed by atoms with Crippen molar-refractivity contribution in [1.29, 1.82) is 0 Å². The lowest BCUT2D eigenvalue weighted by molar-refractivity contribution is 0.0950. The summed E-state index contributed by atoms with van der Waals surface area (Å²) < 4.78 is 0. The highest BCUT2D eigenvalue weighted by Crippen LogP contribution is 2.33. The van der Waals surface area contributed by atoms with Crippen molar-refractivity contribution >= 4 is 5.91 Å². The number of aromatic nitrogens is 1. The van der Waals surface area contributed by atoms with E-state index >= 15 is 0 Å². The first kappa shape index (κ1) is 16.5. The van der Waals surface area contributed by atoms with E-state index < -0.39 is 0 Å². The Hall–Kier alpha value is -2.36. The Balaban J connectivity index is 1.66. The Kier molecular flexibility index (Phi) is 4.84. The topological polar surface area (TPSA) is 62.0 Å². The van der Waals surface area contributed by atoms with Crippen molar-refractivity contribution in [3.05, 3.63) is 68.6 Å². The van der Waals surface area contributed by atoms with Crippen molar-refractivity contribution in [2.24, 2.45) is 0 Å². The number of benzene rings is 1. The maximum Gasteiger partial charge on any atom is 0.253 e. The maximum absolute atomic E-state index is 12.3. The van der Waals surface area contributed by atoms with Gasteiger partial charge in [0.15, 0.2) is 0 Å². The van der Waals surface area contributed by atoms with Gasteiger partial charge in [0.25, 0.3) is 11.5 Å². The first-order chi connectivity index (χ1) is 11.5. The highest BCUT2D eigenvalue weighted by molar-refractivity contribution is 5.94. The monoisotopic (exact) mass is 324 g/mol. The highest BCUT2D eigenvalue weighted by atomic mass is 16.1. The zero-order valence-electron chi connectivity index (χ0n) is 14.3. The van der Waals surface area contributed by atoms with Gasteiger partial charge < -0.3 is 10.3 Å². The summed E-state index contributed by atoms with van der Waals surface area (Å²) in [6, 6.07) is 9.81. The Labute approximate surface area is 142 Å². The van der Waals surface area contributed by atoms with Crippen molar-refractivity contribution in [2.75, 3.05) is 0 Å². The molecule has 0 saturated heterocycles. The molecule has 0 atom stereocenters. The average molecular weight is 324 g/mol. The van der Waals surface area contributed by atoms with E-state index in [4.69, 9.17) is 0 Å². The van der Waals surface area contributed by atoms with Gasteiger partial charge in [-0.3, -0.25) is 9.59 Å². The minimum atomic E-state index is -0.146. The highest BCUT2D eigenvalue weighted by Gasteiger charge is 2.17. The maximum atomic E-state index is 12.3. The molecule has 2 aromatic rings. The van der Waals surface area contributed by atoms with Gasteiger partial charge in [0.1, 0.15) is 0 Å². The third-order valence-electron chi connectivity index (χ3n) is 4.92. The van der Waals surface area contributed by atoms with E-state index in [0.29, 0.717) is 17.0 Å². The molecule has 4 nitrogen and oxygen atoms in total. The van der Waals surface area contributed by atoms with Crippen LogP contribution in [0.2, 0.25) is 0 Å². The van der Waals surface area contributed by atoms with Crippen molar-refractivity contribution in [3.8, 4) is 0 Å². The van der Waals surface area contributed by atoms with E-state index in [1.165, 1.54) is 31.2 Å². The van der Waals surface area contributed by atoms with E-state index in [1.54, 1.807) is 0 Å². The number of aryl methyl sites for hydroxylation is 2. The summed E-state index contributed by atoms with van der Waals surface area (Å²) in [5, 5.41) is 2.85. The lowest BCUT2D eigenvalue weighted by Gasteiger charge is -2.11. The molecule has 1 aromatic carbocycles. The van der Waals surface area contributed by atoms with Crippen LogP contribution in [0.5, 0.6) is 0 Å². The second kappa shape index (κ2) is 7.04. The number of hydrogen-bond acceptors (Lipinski definition) is 2. The number of H-pyrrole nitrogens is 1. The predicted molar refractivity (Wildman–Crippen MR) is 95.4 cm³/mol. The molecule has 2 N–H and O–H groups in total. The Morgan fingerprint density at radius 1 is 1.17 bits per heavy atom. The normalized spacial score (nSPS) is 14.8. The third kappa shape index (κ3) is 3.58. The lowest BCUT2D eigenvalue weighted by atomic mass is 9.96. The van der Waals surface area contributed by atoms with E-state index in [0.717, 1.165) is 11.3 Å². The number of nitrogens with one attached hydrogen (secondary N) is 2. The molecule has 1 fully saturated rings. The zero-order valence-corrected chi connectivity index (χ0v) is 14.3. The summed E-state index contributed by atoms with van der Waals surface area (Å²) in [6.07, 6.45) is 5.11. The Morgan fingerprint density at radius 3 is 2.46 bits per heavy atom. The van der Waals surface area contributed by atoms with Crippen LogP contribution in [0.4, 0.5) is 0 Å². The predicted octanol–water partition coefficient (Wildman–Crippen LogP) is 3.58.